The minimum absolute atomic E-state index is 0.332. The molecule has 1 aromatic carbocycles. The van der Waals surface area contributed by atoms with Crippen molar-refractivity contribution in [2.75, 3.05) is 19.6 Å². The van der Waals surface area contributed by atoms with Gasteiger partial charge in [0.2, 0.25) is 0 Å². The summed E-state index contributed by atoms with van der Waals surface area (Å²) in [7, 11) is 0. The zero-order valence-electron chi connectivity index (χ0n) is 12.0. The van der Waals surface area contributed by atoms with Crippen molar-refractivity contribution in [3.8, 4) is 0 Å². The Morgan fingerprint density at radius 2 is 1.78 bits per heavy atom. The van der Waals surface area contributed by atoms with Crippen molar-refractivity contribution in [2.45, 2.75) is 46.1 Å². The van der Waals surface area contributed by atoms with Crippen LogP contribution in [0.5, 0.6) is 0 Å². The Morgan fingerprint density at radius 1 is 1.11 bits per heavy atom. The molecule has 1 unspecified atom stereocenters. The molecule has 0 amide bonds. The van der Waals surface area contributed by atoms with Crippen molar-refractivity contribution in [1.29, 1.82) is 0 Å². The van der Waals surface area contributed by atoms with E-state index >= 15 is 0 Å². The van der Waals surface area contributed by atoms with Gasteiger partial charge >= 0.3 is 0 Å². The molecule has 1 atom stereocenters. The summed E-state index contributed by atoms with van der Waals surface area (Å²) in [6.45, 7) is 9.67. The zero-order valence-corrected chi connectivity index (χ0v) is 12.0. The molecule has 0 aliphatic rings. The number of aliphatic hydroxyl groups excluding tert-OH is 1. The predicted molar refractivity (Wildman–Crippen MR) is 77.8 cm³/mol. The molecule has 0 radical (unpaired) electrons. The van der Waals surface area contributed by atoms with Crippen molar-refractivity contribution in [1.82, 2.24) is 4.90 Å². The van der Waals surface area contributed by atoms with Crippen LogP contribution in [0.15, 0.2) is 24.3 Å². The smallest absolute Gasteiger partial charge is 0.0802 e. The van der Waals surface area contributed by atoms with Gasteiger partial charge in [0.05, 0.1) is 6.10 Å². The molecule has 0 aliphatic heterocycles. The normalized spacial score (nSPS) is 12.9. The number of rotatable bonds is 8. The van der Waals surface area contributed by atoms with Crippen LogP contribution in [0.1, 0.15) is 50.3 Å². The third-order valence-corrected chi connectivity index (χ3v) is 3.46. The third-order valence-electron chi connectivity index (χ3n) is 3.46. The van der Waals surface area contributed by atoms with Gasteiger partial charge in [-0.3, -0.25) is 0 Å². The molecule has 0 saturated carbocycles. The summed E-state index contributed by atoms with van der Waals surface area (Å²) in [6, 6.07) is 8.19. The number of hydrogen-bond acceptors (Lipinski definition) is 2. The number of aryl methyl sites for hydroxylation is 1. The van der Waals surface area contributed by atoms with Crippen LogP contribution in [0.4, 0.5) is 0 Å². The van der Waals surface area contributed by atoms with Gasteiger partial charge in [0.25, 0.3) is 0 Å². The molecule has 18 heavy (non-hydrogen) atoms. The summed E-state index contributed by atoms with van der Waals surface area (Å²) in [5, 5.41) is 10.2. The average molecular weight is 249 g/mol. The van der Waals surface area contributed by atoms with Gasteiger partial charge in [-0.15, -0.1) is 0 Å². The minimum Gasteiger partial charge on any atom is -0.388 e. The van der Waals surface area contributed by atoms with E-state index in [2.05, 4.69) is 37.8 Å². The lowest BCUT2D eigenvalue weighted by Crippen LogP contribution is -2.26. The summed E-state index contributed by atoms with van der Waals surface area (Å²) in [5.74, 6) is 0. The summed E-state index contributed by atoms with van der Waals surface area (Å²) in [6.07, 6.45) is 2.97. The van der Waals surface area contributed by atoms with Crippen LogP contribution in [-0.2, 0) is 0 Å². The molecular weight excluding hydrogens is 222 g/mol. The first-order valence-electron chi connectivity index (χ1n) is 7.14. The summed E-state index contributed by atoms with van der Waals surface area (Å²) >= 11 is 0. The van der Waals surface area contributed by atoms with Gasteiger partial charge < -0.3 is 10.0 Å². The fraction of sp³-hybridized carbons (Fsp3) is 0.625. The van der Waals surface area contributed by atoms with E-state index in [4.69, 9.17) is 0 Å². The van der Waals surface area contributed by atoms with Gasteiger partial charge in [-0.2, -0.15) is 0 Å². The third kappa shape index (κ3) is 5.19. The highest BCUT2D eigenvalue weighted by molar-refractivity contribution is 5.22. The molecule has 1 N–H and O–H groups in total. The maximum absolute atomic E-state index is 10.2. The fourth-order valence-electron chi connectivity index (χ4n) is 2.07. The number of aliphatic hydroxyl groups is 1. The van der Waals surface area contributed by atoms with Gasteiger partial charge in [-0.1, -0.05) is 50.1 Å². The van der Waals surface area contributed by atoms with E-state index in [0.29, 0.717) is 0 Å². The first-order chi connectivity index (χ1) is 8.67. The average Bonchev–Trinajstić information content (AvgIpc) is 2.39. The Bertz CT molecular complexity index is 320. The SMILES string of the molecule is CCCCN(CC)CCC(O)c1ccc(C)cc1. The first-order valence-corrected chi connectivity index (χ1v) is 7.14. The van der Waals surface area contributed by atoms with Crippen LogP contribution in [0.25, 0.3) is 0 Å². The van der Waals surface area contributed by atoms with Gasteiger partial charge in [-0.05, 0) is 38.4 Å². The lowest BCUT2D eigenvalue weighted by molar-refractivity contribution is 0.143. The van der Waals surface area contributed by atoms with Gasteiger partial charge in [0.1, 0.15) is 0 Å². The molecule has 0 bridgehead atoms. The van der Waals surface area contributed by atoms with Gasteiger partial charge in [0, 0.05) is 6.54 Å². The van der Waals surface area contributed by atoms with Crippen LogP contribution < -0.4 is 0 Å². The lowest BCUT2D eigenvalue weighted by atomic mass is 10.0. The topological polar surface area (TPSA) is 23.5 Å². The van der Waals surface area contributed by atoms with Crippen LogP contribution in [-0.4, -0.2) is 29.6 Å². The molecule has 0 aliphatic carbocycles. The van der Waals surface area contributed by atoms with Crippen LogP contribution in [0.2, 0.25) is 0 Å². The molecular formula is C16H27NO. The first kappa shape index (κ1) is 15.2. The van der Waals surface area contributed by atoms with E-state index in [1.807, 2.05) is 12.1 Å². The Balaban J connectivity index is 2.39. The second-order valence-electron chi connectivity index (χ2n) is 5.00. The fourth-order valence-corrected chi connectivity index (χ4v) is 2.07. The predicted octanol–water partition coefficient (Wildman–Crippen LogP) is 3.54. The molecule has 0 aromatic heterocycles. The molecule has 2 heteroatoms. The van der Waals surface area contributed by atoms with Crippen molar-refractivity contribution in [2.24, 2.45) is 0 Å². The number of hydrogen-bond donors (Lipinski definition) is 1. The van der Waals surface area contributed by atoms with E-state index in [9.17, 15) is 5.11 Å². The second kappa shape index (κ2) is 8.28. The summed E-state index contributed by atoms with van der Waals surface area (Å²) in [5.41, 5.74) is 2.27. The van der Waals surface area contributed by atoms with Crippen LogP contribution in [0.3, 0.4) is 0 Å². The molecule has 0 heterocycles. The van der Waals surface area contributed by atoms with Gasteiger partial charge in [0.15, 0.2) is 0 Å². The van der Waals surface area contributed by atoms with Gasteiger partial charge in [-0.25, -0.2) is 0 Å². The molecule has 1 aromatic rings. The maximum atomic E-state index is 10.2. The quantitative estimate of drug-likeness (QED) is 0.761. The van der Waals surface area contributed by atoms with Crippen molar-refractivity contribution < 1.29 is 5.11 Å². The molecule has 0 fully saturated rings. The van der Waals surface area contributed by atoms with Crippen LogP contribution in [0, 0.1) is 6.92 Å². The number of unbranched alkanes of at least 4 members (excludes halogenated alkanes) is 1. The second-order valence-corrected chi connectivity index (χ2v) is 5.00. The van der Waals surface area contributed by atoms with Crippen molar-refractivity contribution in [3.63, 3.8) is 0 Å². The van der Waals surface area contributed by atoms with E-state index < -0.39 is 0 Å². The largest absolute Gasteiger partial charge is 0.388 e. The number of benzene rings is 1. The van der Waals surface area contributed by atoms with Crippen molar-refractivity contribution in [3.05, 3.63) is 35.4 Å². The minimum atomic E-state index is -0.332. The van der Waals surface area contributed by atoms with Crippen molar-refractivity contribution >= 4 is 0 Å². The molecule has 1 rings (SSSR count). The Hall–Kier alpha value is -0.860. The van der Waals surface area contributed by atoms with E-state index in [0.717, 1.165) is 31.6 Å². The summed E-state index contributed by atoms with van der Waals surface area (Å²) < 4.78 is 0. The molecule has 0 saturated heterocycles. The highest BCUT2D eigenvalue weighted by atomic mass is 16.3. The maximum Gasteiger partial charge on any atom is 0.0802 e. The van der Waals surface area contributed by atoms with E-state index in [1.54, 1.807) is 0 Å². The Kier molecular flexibility index (Phi) is 6.99. The highest BCUT2D eigenvalue weighted by Gasteiger charge is 2.09. The number of nitrogens with zero attached hydrogens (tertiary/aromatic N) is 1. The highest BCUT2D eigenvalue weighted by Crippen LogP contribution is 2.17. The van der Waals surface area contributed by atoms with Crippen LogP contribution >= 0.6 is 0 Å². The van der Waals surface area contributed by atoms with E-state index in [-0.39, 0.29) is 6.10 Å². The Labute approximate surface area is 112 Å². The molecule has 0 spiro atoms. The zero-order chi connectivity index (χ0) is 13.4. The Morgan fingerprint density at radius 3 is 2.33 bits per heavy atom. The van der Waals surface area contributed by atoms with E-state index in [1.165, 1.54) is 18.4 Å². The molecule has 102 valence electrons. The summed E-state index contributed by atoms with van der Waals surface area (Å²) in [4.78, 5) is 2.42. The lowest BCUT2D eigenvalue weighted by Gasteiger charge is -2.21. The monoisotopic (exact) mass is 249 g/mol. The molecule has 2 nitrogen and oxygen atoms in total. The standard InChI is InChI=1S/C16H27NO/c1-4-6-12-17(5-2)13-11-16(18)15-9-7-14(3)8-10-15/h7-10,16,18H,4-6,11-13H2,1-3H3.